The van der Waals surface area contributed by atoms with E-state index >= 15 is 0 Å². The van der Waals surface area contributed by atoms with E-state index in [2.05, 4.69) is 5.16 Å². The van der Waals surface area contributed by atoms with Crippen LogP contribution in [0.3, 0.4) is 0 Å². The largest absolute Gasteiger partial charge is 0.409 e. The van der Waals surface area contributed by atoms with Gasteiger partial charge in [0, 0.05) is 6.54 Å². The highest BCUT2D eigenvalue weighted by molar-refractivity contribution is 8.00. The van der Waals surface area contributed by atoms with Crippen molar-refractivity contribution in [3.05, 3.63) is 0 Å². The Morgan fingerprint density at radius 1 is 1.28 bits per heavy atom. The van der Waals surface area contributed by atoms with Gasteiger partial charge in [0.1, 0.15) is 0 Å². The number of hydrogen-bond acceptors (Lipinski definition) is 4. The standard InChI is InChI=1S/C12H21N3O2S/c13-11(14-17)9-5-1-3-7-15(9)12(16)10-6-2-4-8-18-10/h9-10,17H,1-8H2,(H2,13,14). The van der Waals surface area contributed by atoms with Gasteiger partial charge in [-0.25, -0.2) is 0 Å². The number of oxime groups is 1. The molecule has 18 heavy (non-hydrogen) atoms. The fourth-order valence-corrected chi connectivity index (χ4v) is 3.96. The minimum absolute atomic E-state index is 0.0749. The lowest BCUT2D eigenvalue weighted by Gasteiger charge is -2.37. The highest BCUT2D eigenvalue weighted by atomic mass is 32.2. The van der Waals surface area contributed by atoms with Gasteiger partial charge in [-0.1, -0.05) is 11.6 Å². The predicted octanol–water partition coefficient (Wildman–Crippen LogP) is 1.40. The van der Waals surface area contributed by atoms with Crippen LogP contribution in [-0.2, 0) is 4.79 Å². The number of carbonyl (C=O) groups excluding carboxylic acids is 1. The molecule has 2 aliphatic heterocycles. The van der Waals surface area contributed by atoms with Gasteiger partial charge in [0.2, 0.25) is 5.91 Å². The normalized spacial score (nSPS) is 30.2. The number of rotatable bonds is 2. The maximum Gasteiger partial charge on any atom is 0.236 e. The molecule has 1 amide bonds. The molecule has 0 aliphatic carbocycles. The molecule has 2 atom stereocenters. The summed E-state index contributed by atoms with van der Waals surface area (Å²) in [5, 5.41) is 12.0. The Labute approximate surface area is 112 Å². The first kappa shape index (κ1) is 13.5. The molecule has 0 spiro atoms. The number of thioether (sulfide) groups is 1. The predicted molar refractivity (Wildman–Crippen MR) is 72.9 cm³/mol. The van der Waals surface area contributed by atoms with E-state index < -0.39 is 0 Å². The third kappa shape index (κ3) is 2.91. The number of nitrogens with two attached hydrogens (primary N) is 1. The molecule has 0 saturated carbocycles. The van der Waals surface area contributed by atoms with E-state index in [1.807, 2.05) is 4.90 Å². The average Bonchev–Trinajstić information content (AvgIpc) is 2.46. The molecule has 2 rings (SSSR count). The van der Waals surface area contributed by atoms with Crippen LogP contribution in [0.5, 0.6) is 0 Å². The SMILES string of the molecule is NC(=NO)C1CCCCN1C(=O)C1CCCCS1. The van der Waals surface area contributed by atoms with Crippen molar-refractivity contribution in [1.82, 2.24) is 4.90 Å². The number of likely N-dealkylation sites (tertiary alicyclic amines) is 1. The van der Waals surface area contributed by atoms with E-state index in [0.29, 0.717) is 0 Å². The fraction of sp³-hybridized carbons (Fsp3) is 0.833. The second-order valence-electron chi connectivity index (χ2n) is 4.92. The van der Waals surface area contributed by atoms with Crippen molar-refractivity contribution in [1.29, 1.82) is 0 Å². The van der Waals surface area contributed by atoms with E-state index in [4.69, 9.17) is 10.9 Å². The number of nitrogens with zero attached hydrogens (tertiary/aromatic N) is 2. The van der Waals surface area contributed by atoms with Gasteiger partial charge in [-0.05, 0) is 37.9 Å². The third-order valence-corrected chi connectivity index (χ3v) is 5.06. The number of amidine groups is 1. The molecule has 0 aromatic heterocycles. The molecule has 0 aromatic rings. The molecule has 0 aromatic carbocycles. The summed E-state index contributed by atoms with van der Waals surface area (Å²) in [7, 11) is 0. The van der Waals surface area contributed by atoms with Crippen molar-refractivity contribution >= 4 is 23.5 Å². The molecule has 2 fully saturated rings. The van der Waals surface area contributed by atoms with E-state index in [-0.39, 0.29) is 23.0 Å². The molecule has 2 unspecified atom stereocenters. The molecule has 0 radical (unpaired) electrons. The van der Waals surface area contributed by atoms with Crippen LogP contribution in [-0.4, -0.2) is 45.4 Å². The van der Waals surface area contributed by atoms with Crippen molar-refractivity contribution in [3.63, 3.8) is 0 Å². The lowest BCUT2D eigenvalue weighted by atomic mass is 10.00. The van der Waals surface area contributed by atoms with Gasteiger partial charge in [-0.15, -0.1) is 11.8 Å². The highest BCUT2D eigenvalue weighted by Gasteiger charge is 2.34. The Balaban J connectivity index is 2.05. The lowest BCUT2D eigenvalue weighted by Crippen LogP contribution is -2.53. The van der Waals surface area contributed by atoms with Crippen LogP contribution >= 0.6 is 11.8 Å². The molecule has 6 heteroatoms. The molecular weight excluding hydrogens is 250 g/mol. The van der Waals surface area contributed by atoms with Crippen LogP contribution in [0.2, 0.25) is 0 Å². The topological polar surface area (TPSA) is 78.9 Å². The van der Waals surface area contributed by atoms with Crippen LogP contribution in [0.1, 0.15) is 38.5 Å². The summed E-state index contributed by atoms with van der Waals surface area (Å²) in [6.07, 6.45) is 6.15. The maximum atomic E-state index is 12.5. The smallest absolute Gasteiger partial charge is 0.236 e. The van der Waals surface area contributed by atoms with Crippen LogP contribution in [0, 0.1) is 0 Å². The summed E-state index contributed by atoms with van der Waals surface area (Å²) in [5.41, 5.74) is 5.70. The lowest BCUT2D eigenvalue weighted by molar-refractivity contribution is -0.133. The summed E-state index contributed by atoms with van der Waals surface area (Å²) in [6.45, 7) is 0.733. The van der Waals surface area contributed by atoms with Gasteiger partial charge in [0.05, 0.1) is 11.3 Å². The zero-order chi connectivity index (χ0) is 13.0. The first-order valence-corrected chi connectivity index (χ1v) is 7.68. The van der Waals surface area contributed by atoms with Gasteiger partial charge < -0.3 is 15.8 Å². The maximum absolute atomic E-state index is 12.5. The molecular formula is C12H21N3O2S. The quantitative estimate of drug-likeness (QED) is 0.344. The van der Waals surface area contributed by atoms with Crippen LogP contribution in [0.4, 0.5) is 0 Å². The zero-order valence-electron chi connectivity index (χ0n) is 10.5. The van der Waals surface area contributed by atoms with Gasteiger partial charge in [0.25, 0.3) is 0 Å². The van der Waals surface area contributed by atoms with Crippen molar-refractivity contribution in [2.24, 2.45) is 10.9 Å². The molecule has 2 heterocycles. The fourth-order valence-electron chi connectivity index (χ4n) is 2.69. The minimum Gasteiger partial charge on any atom is -0.409 e. The van der Waals surface area contributed by atoms with E-state index in [1.54, 1.807) is 11.8 Å². The van der Waals surface area contributed by atoms with Gasteiger partial charge >= 0.3 is 0 Å². The van der Waals surface area contributed by atoms with Crippen molar-refractivity contribution in [3.8, 4) is 0 Å². The second-order valence-corrected chi connectivity index (χ2v) is 6.23. The Morgan fingerprint density at radius 3 is 2.72 bits per heavy atom. The number of hydrogen-bond donors (Lipinski definition) is 2. The molecule has 0 bridgehead atoms. The molecule has 3 N–H and O–H groups in total. The monoisotopic (exact) mass is 271 g/mol. The summed E-state index contributed by atoms with van der Waals surface area (Å²) in [5.74, 6) is 1.42. The van der Waals surface area contributed by atoms with E-state index in [0.717, 1.165) is 44.4 Å². The summed E-state index contributed by atoms with van der Waals surface area (Å²) >= 11 is 1.75. The van der Waals surface area contributed by atoms with E-state index in [1.165, 1.54) is 6.42 Å². The zero-order valence-corrected chi connectivity index (χ0v) is 11.4. The molecule has 2 saturated heterocycles. The molecule has 102 valence electrons. The second kappa shape index (κ2) is 6.31. The highest BCUT2D eigenvalue weighted by Crippen LogP contribution is 2.29. The first-order valence-electron chi connectivity index (χ1n) is 6.63. The number of piperidine rings is 1. The Hall–Kier alpha value is -0.910. The Kier molecular flexibility index (Phi) is 4.74. The van der Waals surface area contributed by atoms with Crippen LogP contribution < -0.4 is 5.73 Å². The van der Waals surface area contributed by atoms with Gasteiger partial charge in [-0.3, -0.25) is 4.79 Å². The molecule has 5 nitrogen and oxygen atoms in total. The Bertz CT molecular complexity index is 329. The van der Waals surface area contributed by atoms with Crippen LogP contribution in [0.25, 0.3) is 0 Å². The van der Waals surface area contributed by atoms with E-state index in [9.17, 15) is 4.79 Å². The van der Waals surface area contributed by atoms with Gasteiger partial charge in [0.15, 0.2) is 5.84 Å². The molecule has 2 aliphatic rings. The summed E-state index contributed by atoms with van der Waals surface area (Å²) in [6, 6.07) is -0.209. The minimum atomic E-state index is -0.209. The number of carbonyl (C=O) groups is 1. The first-order chi connectivity index (χ1) is 8.74. The summed E-state index contributed by atoms with van der Waals surface area (Å²) < 4.78 is 0. The van der Waals surface area contributed by atoms with Crippen molar-refractivity contribution in [2.45, 2.75) is 49.8 Å². The van der Waals surface area contributed by atoms with Crippen LogP contribution in [0.15, 0.2) is 5.16 Å². The third-order valence-electron chi connectivity index (χ3n) is 3.70. The Morgan fingerprint density at radius 2 is 2.06 bits per heavy atom. The van der Waals surface area contributed by atoms with Gasteiger partial charge in [-0.2, -0.15) is 0 Å². The average molecular weight is 271 g/mol. The van der Waals surface area contributed by atoms with Crippen molar-refractivity contribution < 1.29 is 10.0 Å². The summed E-state index contributed by atoms with van der Waals surface area (Å²) in [4.78, 5) is 14.3. The van der Waals surface area contributed by atoms with Crippen molar-refractivity contribution in [2.75, 3.05) is 12.3 Å². The number of amides is 1.